The fraction of sp³-hybridized carbons (Fsp3) is 0.818. The van der Waals surface area contributed by atoms with E-state index in [1.165, 1.54) is 18.9 Å². The maximum Gasteiger partial charge on any atom is 0.116 e. The van der Waals surface area contributed by atoms with Gasteiger partial charge in [-0.15, -0.1) is 0 Å². The Morgan fingerprint density at radius 2 is 1.71 bits per heavy atom. The maximum atomic E-state index is 11.4. The molecule has 6 heteroatoms. The van der Waals surface area contributed by atoms with Gasteiger partial charge in [0.2, 0.25) is 0 Å². The van der Waals surface area contributed by atoms with E-state index < -0.39 is 7.26 Å². The van der Waals surface area contributed by atoms with Gasteiger partial charge < -0.3 is 9.84 Å². The highest BCUT2D eigenvalue weighted by Gasteiger charge is 2.53. The zero-order valence-electron chi connectivity index (χ0n) is 10.3. The van der Waals surface area contributed by atoms with Gasteiger partial charge in [0.25, 0.3) is 0 Å². The van der Waals surface area contributed by atoms with Crippen LogP contribution in [0.15, 0.2) is 12.0 Å². The average Bonchev–Trinajstić information content (AvgIpc) is 2.25. The zero-order chi connectivity index (χ0) is 11.9. The summed E-state index contributed by atoms with van der Waals surface area (Å²) in [5.74, 6) is -0.136. The van der Waals surface area contributed by atoms with Crippen molar-refractivity contribution in [3.05, 3.63) is 12.0 Å². The largest absolute Gasteiger partial charge is 0.614 e. The molecule has 0 N–H and O–H groups in total. The molecule has 0 amide bonds. The van der Waals surface area contributed by atoms with E-state index in [0.717, 1.165) is 26.2 Å². The third-order valence-corrected chi connectivity index (χ3v) is 7.59. The Kier molecular flexibility index (Phi) is 3.03. The molecule has 4 bridgehead atoms. The molecular formula is C11H20N3O2P. The molecule has 0 atom stereocenters. The SMILES string of the molecule is CCO/C([O-])=C/C[P+]12CN3CN(CN(C3)C1)C2. The molecule has 4 saturated heterocycles. The Labute approximate surface area is 103 Å². The molecule has 96 valence electrons. The van der Waals surface area contributed by atoms with Crippen molar-refractivity contribution in [1.82, 2.24) is 14.7 Å². The lowest BCUT2D eigenvalue weighted by molar-refractivity contribution is -0.356. The minimum absolute atomic E-state index is 0.136. The van der Waals surface area contributed by atoms with E-state index in [1.54, 1.807) is 6.08 Å². The maximum absolute atomic E-state index is 11.4. The van der Waals surface area contributed by atoms with E-state index in [-0.39, 0.29) is 5.95 Å². The zero-order valence-corrected chi connectivity index (χ0v) is 11.2. The van der Waals surface area contributed by atoms with Crippen molar-refractivity contribution in [2.75, 3.05) is 51.6 Å². The first-order chi connectivity index (χ1) is 8.19. The monoisotopic (exact) mass is 257 g/mol. The molecule has 4 aliphatic rings. The van der Waals surface area contributed by atoms with Crippen LogP contribution in [0.5, 0.6) is 0 Å². The number of hydrogen-bond donors (Lipinski definition) is 0. The van der Waals surface area contributed by atoms with Crippen molar-refractivity contribution < 1.29 is 9.84 Å². The van der Waals surface area contributed by atoms with Crippen LogP contribution in [0.25, 0.3) is 0 Å². The molecule has 0 saturated carbocycles. The summed E-state index contributed by atoms with van der Waals surface area (Å²) in [5, 5.41) is 11.4. The molecule has 0 radical (unpaired) electrons. The van der Waals surface area contributed by atoms with Gasteiger partial charge >= 0.3 is 0 Å². The number of nitrogens with zero attached hydrogens (tertiary/aromatic N) is 3. The van der Waals surface area contributed by atoms with Gasteiger partial charge in [0, 0.05) is 0 Å². The second-order valence-corrected chi connectivity index (χ2v) is 9.24. The fourth-order valence-electron chi connectivity index (χ4n) is 3.30. The van der Waals surface area contributed by atoms with Crippen molar-refractivity contribution in [2.24, 2.45) is 0 Å². The molecule has 17 heavy (non-hydrogen) atoms. The summed E-state index contributed by atoms with van der Waals surface area (Å²) >= 11 is 0. The van der Waals surface area contributed by atoms with Crippen molar-refractivity contribution in [3.8, 4) is 0 Å². The summed E-state index contributed by atoms with van der Waals surface area (Å²) in [6.45, 7) is 5.70. The highest BCUT2D eigenvalue weighted by Crippen LogP contribution is 2.65. The highest BCUT2D eigenvalue weighted by atomic mass is 31.2. The third kappa shape index (κ3) is 2.29. The van der Waals surface area contributed by atoms with Crippen molar-refractivity contribution >= 4 is 7.26 Å². The fourth-order valence-corrected chi connectivity index (χ4v) is 7.53. The molecule has 0 aliphatic carbocycles. The lowest BCUT2D eigenvalue weighted by atomic mass is 10.5. The van der Waals surface area contributed by atoms with Gasteiger partial charge in [0.1, 0.15) is 18.9 Å². The van der Waals surface area contributed by atoms with E-state index in [2.05, 4.69) is 14.7 Å². The predicted molar refractivity (Wildman–Crippen MR) is 66.2 cm³/mol. The van der Waals surface area contributed by atoms with Crippen LogP contribution in [0.3, 0.4) is 0 Å². The molecule has 4 rings (SSSR count). The van der Waals surface area contributed by atoms with E-state index >= 15 is 0 Å². The van der Waals surface area contributed by atoms with Crippen LogP contribution < -0.4 is 5.11 Å². The van der Waals surface area contributed by atoms with Crippen molar-refractivity contribution in [2.45, 2.75) is 6.92 Å². The Morgan fingerprint density at radius 3 is 2.18 bits per heavy atom. The van der Waals surface area contributed by atoms with Gasteiger partial charge in [0.15, 0.2) is 0 Å². The van der Waals surface area contributed by atoms with Crippen LogP contribution in [0.1, 0.15) is 6.92 Å². The first-order valence-corrected chi connectivity index (χ1v) is 8.74. The second-order valence-electron chi connectivity index (χ2n) is 5.34. The summed E-state index contributed by atoms with van der Waals surface area (Å²) in [6, 6.07) is 0. The quantitative estimate of drug-likeness (QED) is 0.521. The lowest BCUT2D eigenvalue weighted by Gasteiger charge is -2.55. The van der Waals surface area contributed by atoms with Crippen LogP contribution >= 0.6 is 7.26 Å². The molecule has 0 unspecified atom stereocenters. The summed E-state index contributed by atoms with van der Waals surface area (Å²) in [5.41, 5.74) is 0. The van der Waals surface area contributed by atoms with Gasteiger partial charge in [-0.05, 0) is 12.7 Å². The first kappa shape index (κ1) is 11.7. The third-order valence-electron chi connectivity index (χ3n) is 3.63. The van der Waals surface area contributed by atoms with Crippen molar-refractivity contribution in [3.63, 3.8) is 0 Å². The molecule has 0 spiro atoms. The first-order valence-electron chi connectivity index (χ1n) is 6.21. The van der Waals surface area contributed by atoms with Gasteiger partial charge in [-0.2, -0.15) is 0 Å². The van der Waals surface area contributed by atoms with E-state index in [4.69, 9.17) is 4.74 Å². The molecule has 0 aromatic heterocycles. The number of hydrogen-bond acceptors (Lipinski definition) is 5. The lowest BCUT2D eigenvalue weighted by Crippen LogP contribution is -2.64. The number of rotatable bonds is 4. The summed E-state index contributed by atoms with van der Waals surface area (Å²) in [6.07, 6.45) is 6.44. The normalized spacial score (nSPS) is 44.1. The van der Waals surface area contributed by atoms with Crippen LogP contribution in [0.4, 0.5) is 0 Å². The summed E-state index contributed by atoms with van der Waals surface area (Å²) < 4.78 is 4.99. The molecule has 4 heterocycles. The van der Waals surface area contributed by atoms with Crippen LogP contribution in [-0.2, 0) is 4.74 Å². The molecule has 5 nitrogen and oxygen atoms in total. The van der Waals surface area contributed by atoms with Crippen LogP contribution in [0.2, 0.25) is 0 Å². The molecule has 0 aromatic rings. The van der Waals surface area contributed by atoms with Gasteiger partial charge in [-0.3, -0.25) is 0 Å². The summed E-state index contributed by atoms with van der Waals surface area (Å²) in [7, 11) is -1.00. The Balaban J connectivity index is 1.68. The van der Waals surface area contributed by atoms with Crippen LogP contribution in [-0.4, -0.2) is 66.3 Å². The van der Waals surface area contributed by atoms with Crippen LogP contribution in [0, 0.1) is 0 Å². The van der Waals surface area contributed by atoms with Crippen molar-refractivity contribution in [1.29, 1.82) is 0 Å². The summed E-state index contributed by atoms with van der Waals surface area (Å²) in [4.78, 5) is 7.55. The smallest absolute Gasteiger partial charge is 0.116 e. The molecular weight excluding hydrogens is 237 g/mol. The average molecular weight is 257 g/mol. The topological polar surface area (TPSA) is 42.0 Å². The molecule has 4 fully saturated rings. The number of ether oxygens (including phenoxy) is 1. The minimum atomic E-state index is -1.00. The van der Waals surface area contributed by atoms with Gasteiger partial charge in [0.05, 0.1) is 39.4 Å². The number of allylic oxidation sites excluding steroid dienone is 1. The van der Waals surface area contributed by atoms with Gasteiger partial charge in [-0.25, -0.2) is 14.7 Å². The minimum Gasteiger partial charge on any atom is -0.614 e. The Hall–Kier alpha value is -0.350. The standard InChI is InChI=1S/C11H20N3O2P/c1-2-16-11(15)3-4-17-8-12-5-13(9-17)7-14(6-12)10-17/h3H,2,4-10H2,1H3/b11-3+. The molecule has 0 aromatic carbocycles. The van der Waals surface area contributed by atoms with E-state index in [0.29, 0.717) is 6.61 Å². The Morgan fingerprint density at radius 1 is 1.18 bits per heavy atom. The van der Waals surface area contributed by atoms with E-state index in [9.17, 15) is 5.11 Å². The predicted octanol–water partition coefficient (Wildman–Crippen LogP) is -0.0660. The molecule has 4 aliphatic heterocycles. The Bertz CT molecular complexity index is 299. The second kappa shape index (κ2) is 4.39. The van der Waals surface area contributed by atoms with E-state index in [1.807, 2.05) is 6.92 Å². The van der Waals surface area contributed by atoms with Gasteiger partial charge in [-0.1, -0.05) is 6.92 Å². The highest BCUT2D eigenvalue weighted by molar-refractivity contribution is 7.76.